The first-order valence-corrected chi connectivity index (χ1v) is 10.7. The van der Waals surface area contributed by atoms with Gasteiger partial charge in [0.2, 0.25) is 0 Å². The molecule has 0 amide bonds. The molecular weight excluding hydrogens is 264 g/mol. The average Bonchev–Trinajstić information content (AvgIpc) is 3.15. The molecule has 112 valence electrons. The molecule has 0 N–H and O–H groups in total. The van der Waals surface area contributed by atoms with Crippen LogP contribution in [0.1, 0.15) is 13.8 Å². The molecular formula is C22H24. The van der Waals surface area contributed by atoms with Gasteiger partial charge in [-0.15, -0.1) is 0 Å². The molecule has 0 aromatic rings. The maximum atomic E-state index is 2.89. The molecule has 0 aromatic heterocycles. The fourth-order valence-electron chi connectivity index (χ4n) is 16.7. The van der Waals surface area contributed by atoms with Crippen LogP contribution in [0.25, 0.3) is 0 Å². The lowest BCUT2D eigenvalue weighted by Crippen LogP contribution is -2.36. The molecule has 8 unspecified atom stereocenters. The standard InChI is InChI=1S/C22H24/c1-21-15-5-3-4-6(15)10-12-8(4)16-7(3)11-9(5)17(21)13-14(18(10)21)20(12)22(16,2)19(11)13/h3-20H,1-2H3/t3?,4?,5-,6-,7-,8+,9-,10-,11+,12-,13?,14?,15?,16?,17-,18-,19+,20-,21?,22?/m1/s1. The Morgan fingerprint density at radius 3 is 0.864 bits per heavy atom. The van der Waals surface area contributed by atoms with Gasteiger partial charge in [-0.3, -0.25) is 0 Å². The van der Waals surface area contributed by atoms with Crippen LogP contribution in [-0.2, 0) is 0 Å². The van der Waals surface area contributed by atoms with Gasteiger partial charge in [-0.25, -0.2) is 0 Å². The highest BCUT2D eigenvalue weighted by Gasteiger charge is 3.02. The molecule has 12 aliphatic carbocycles. The molecule has 12 fully saturated rings. The van der Waals surface area contributed by atoms with Crippen LogP contribution in [0.5, 0.6) is 0 Å². The summed E-state index contributed by atoms with van der Waals surface area (Å²) in [6.45, 7) is 5.78. The minimum absolute atomic E-state index is 0.883. The lowest BCUT2D eigenvalue weighted by Gasteiger charge is -2.40. The molecule has 12 rings (SSSR count). The van der Waals surface area contributed by atoms with Gasteiger partial charge in [0, 0.05) is 0 Å². The smallest absolute Gasteiger partial charge is 0.0224 e. The van der Waals surface area contributed by atoms with Crippen LogP contribution >= 0.6 is 0 Å². The first-order chi connectivity index (χ1) is 10.7. The first-order valence-electron chi connectivity index (χ1n) is 10.7. The van der Waals surface area contributed by atoms with E-state index < -0.39 is 0 Å². The van der Waals surface area contributed by atoms with Crippen molar-refractivity contribution in [2.75, 3.05) is 0 Å². The van der Waals surface area contributed by atoms with E-state index in [4.69, 9.17) is 0 Å². The molecule has 0 heterocycles. The fraction of sp³-hybridized carbons (Fsp3) is 1.00. The Labute approximate surface area is 131 Å². The zero-order valence-corrected chi connectivity index (χ0v) is 13.4. The zero-order chi connectivity index (χ0) is 13.4. The highest BCUT2D eigenvalue weighted by Crippen LogP contribution is 3.06. The van der Waals surface area contributed by atoms with Gasteiger partial charge < -0.3 is 0 Å². The normalized spacial score (nSPS) is 106. The fourth-order valence-corrected chi connectivity index (χ4v) is 16.7. The van der Waals surface area contributed by atoms with Crippen molar-refractivity contribution >= 4 is 0 Å². The van der Waals surface area contributed by atoms with Gasteiger partial charge in [-0.1, -0.05) is 13.8 Å². The van der Waals surface area contributed by atoms with E-state index in [0.717, 1.165) is 10.8 Å². The maximum absolute atomic E-state index is 2.89. The van der Waals surface area contributed by atoms with Crippen molar-refractivity contribution < 1.29 is 0 Å². The van der Waals surface area contributed by atoms with Crippen molar-refractivity contribution in [1.29, 1.82) is 0 Å². The van der Waals surface area contributed by atoms with Gasteiger partial charge in [-0.05, 0) is 117 Å². The average molecular weight is 288 g/mol. The molecule has 0 aliphatic heterocycles. The minimum atomic E-state index is 0.883. The summed E-state index contributed by atoms with van der Waals surface area (Å²) in [6, 6.07) is 0. The molecule has 22 heavy (non-hydrogen) atoms. The molecule has 0 heteroatoms. The van der Waals surface area contributed by atoms with Gasteiger partial charge in [0.1, 0.15) is 0 Å². The summed E-state index contributed by atoms with van der Waals surface area (Å²) in [6.07, 6.45) is 0. The van der Waals surface area contributed by atoms with Crippen LogP contribution in [-0.4, -0.2) is 0 Å². The van der Waals surface area contributed by atoms with Crippen LogP contribution < -0.4 is 0 Å². The first kappa shape index (κ1) is 9.47. The third-order valence-corrected chi connectivity index (χ3v) is 14.6. The summed E-state index contributed by atoms with van der Waals surface area (Å²) in [5.74, 6) is 23.0. The third-order valence-electron chi connectivity index (χ3n) is 14.6. The van der Waals surface area contributed by atoms with Gasteiger partial charge in [0.25, 0.3) is 0 Å². The molecule has 20 atom stereocenters. The Morgan fingerprint density at radius 2 is 0.545 bits per heavy atom. The Morgan fingerprint density at radius 1 is 0.318 bits per heavy atom. The van der Waals surface area contributed by atoms with E-state index >= 15 is 0 Å². The second kappa shape index (κ2) is 1.93. The lowest BCUT2D eigenvalue weighted by atomic mass is 9.64. The van der Waals surface area contributed by atoms with Crippen LogP contribution in [0.3, 0.4) is 0 Å². The van der Waals surface area contributed by atoms with Gasteiger partial charge >= 0.3 is 0 Å². The predicted octanol–water partition coefficient (Wildman–Crippen LogP) is 3.24. The van der Waals surface area contributed by atoms with Gasteiger partial charge in [0.05, 0.1) is 0 Å². The van der Waals surface area contributed by atoms with Crippen molar-refractivity contribution in [2.45, 2.75) is 13.8 Å². The molecule has 12 aliphatic rings. The van der Waals surface area contributed by atoms with E-state index in [-0.39, 0.29) is 0 Å². The third kappa shape index (κ3) is 0.414. The maximum Gasteiger partial charge on any atom is -0.0224 e. The van der Waals surface area contributed by atoms with E-state index in [2.05, 4.69) is 13.8 Å². The molecule has 0 saturated heterocycles. The number of hydrogen-bond donors (Lipinski definition) is 0. The summed E-state index contributed by atoms with van der Waals surface area (Å²) in [5.41, 5.74) is 1.77. The van der Waals surface area contributed by atoms with E-state index in [1.807, 2.05) is 0 Å². The lowest BCUT2D eigenvalue weighted by molar-refractivity contribution is 0.0701. The highest BCUT2D eigenvalue weighted by molar-refractivity contribution is 5.49. The second-order valence-electron chi connectivity index (χ2n) is 12.8. The number of hydrogen-bond acceptors (Lipinski definition) is 0. The molecule has 0 aromatic carbocycles. The molecule has 0 radical (unpaired) electrons. The number of rotatable bonds is 0. The Bertz CT molecular complexity index is 676. The van der Waals surface area contributed by atoms with Crippen molar-refractivity contribution in [2.24, 2.45) is 117 Å². The minimum Gasteiger partial charge on any atom is -0.0588 e. The van der Waals surface area contributed by atoms with Crippen molar-refractivity contribution in [3.05, 3.63) is 0 Å². The molecule has 0 spiro atoms. The monoisotopic (exact) mass is 288 g/mol. The van der Waals surface area contributed by atoms with Crippen LogP contribution in [0.4, 0.5) is 0 Å². The highest BCUT2D eigenvalue weighted by atomic mass is 15.1. The van der Waals surface area contributed by atoms with E-state index in [9.17, 15) is 0 Å². The summed E-state index contributed by atoms with van der Waals surface area (Å²) in [7, 11) is 0. The Balaban J connectivity index is 1.49. The van der Waals surface area contributed by atoms with Crippen LogP contribution in [0, 0.1) is 117 Å². The Hall–Kier alpha value is 0. The summed E-state index contributed by atoms with van der Waals surface area (Å²) < 4.78 is 0. The van der Waals surface area contributed by atoms with Crippen LogP contribution in [0.15, 0.2) is 0 Å². The molecule has 0 nitrogen and oxygen atoms in total. The van der Waals surface area contributed by atoms with Crippen LogP contribution in [0.2, 0.25) is 0 Å². The van der Waals surface area contributed by atoms with E-state index in [1.165, 1.54) is 107 Å². The largest absolute Gasteiger partial charge is 0.0588 e. The van der Waals surface area contributed by atoms with E-state index in [0.29, 0.717) is 0 Å². The zero-order valence-electron chi connectivity index (χ0n) is 13.4. The summed E-state index contributed by atoms with van der Waals surface area (Å²) in [4.78, 5) is 0. The molecule has 0 bridgehead atoms. The second-order valence-corrected chi connectivity index (χ2v) is 12.8. The quantitative estimate of drug-likeness (QED) is 0.642. The van der Waals surface area contributed by atoms with Crippen molar-refractivity contribution in [1.82, 2.24) is 0 Å². The van der Waals surface area contributed by atoms with Gasteiger partial charge in [-0.2, -0.15) is 0 Å². The topological polar surface area (TPSA) is 0 Å². The van der Waals surface area contributed by atoms with Crippen molar-refractivity contribution in [3.63, 3.8) is 0 Å². The molecule has 12 saturated carbocycles. The predicted molar refractivity (Wildman–Crippen MR) is 79.0 cm³/mol. The summed E-state index contributed by atoms with van der Waals surface area (Å²) in [5, 5.41) is 0. The SMILES string of the molecule is CC12C3[C@H]4C5C6[C@H]7C8[C@H]5[C@@H]5[C@@H]4[C@@H]1C1C4[C@@H]2[C@@H]([C@@H]63)[C@@H]7[C@H]4C8(C)[C@@H]15. The summed E-state index contributed by atoms with van der Waals surface area (Å²) >= 11 is 0. The Kier molecular flexibility index (Phi) is 0.830. The van der Waals surface area contributed by atoms with E-state index in [1.54, 1.807) is 0 Å². The van der Waals surface area contributed by atoms with Crippen molar-refractivity contribution in [3.8, 4) is 0 Å². The van der Waals surface area contributed by atoms with Gasteiger partial charge in [0.15, 0.2) is 0 Å².